The lowest BCUT2D eigenvalue weighted by Gasteiger charge is -2.36. The second kappa shape index (κ2) is 3.91. The molecule has 0 bridgehead atoms. The van der Waals surface area contributed by atoms with Crippen LogP contribution in [0.25, 0.3) is 0 Å². The van der Waals surface area contributed by atoms with Crippen LogP contribution in [-0.4, -0.2) is 61.1 Å². The highest BCUT2D eigenvalue weighted by atomic mass is 32.2. The van der Waals surface area contributed by atoms with Crippen molar-refractivity contribution in [1.29, 1.82) is 0 Å². The van der Waals surface area contributed by atoms with Gasteiger partial charge >= 0.3 is 0 Å². The van der Waals surface area contributed by atoms with Crippen molar-refractivity contribution in [2.45, 2.75) is 29.0 Å². The van der Waals surface area contributed by atoms with Crippen LogP contribution in [0.1, 0.15) is 0 Å². The Morgan fingerprint density at radius 1 is 0.917 bits per heavy atom. The van der Waals surface area contributed by atoms with Gasteiger partial charge in [0, 0.05) is 0 Å². The first-order chi connectivity index (χ1) is 5.57. The first-order valence-electron chi connectivity index (χ1n) is 3.56. The lowest BCUT2D eigenvalue weighted by molar-refractivity contribution is -0.0953. The molecule has 5 nitrogen and oxygen atoms in total. The molecule has 5 N–H and O–H groups in total. The number of rotatable bonds is 1. The maximum atomic E-state index is 9.22. The highest BCUT2D eigenvalue weighted by molar-refractivity contribution is 8.00. The van der Waals surface area contributed by atoms with Crippen LogP contribution in [0.15, 0.2) is 0 Å². The number of thioether (sulfide) groups is 1. The second-order valence-electron chi connectivity index (χ2n) is 2.72. The zero-order valence-electron chi connectivity index (χ0n) is 6.24. The van der Waals surface area contributed by atoms with Gasteiger partial charge in [-0.25, -0.2) is 0 Å². The molecule has 0 aromatic rings. The molecule has 0 saturated carbocycles. The Kier molecular flexibility index (Phi) is 3.33. The Morgan fingerprint density at radius 2 is 1.50 bits per heavy atom. The highest BCUT2D eigenvalue weighted by Gasteiger charge is 2.42. The van der Waals surface area contributed by atoms with E-state index >= 15 is 0 Å². The fourth-order valence-electron chi connectivity index (χ4n) is 1.08. The minimum Gasteiger partial charge on any atom is -0.395 e. The molecule has 1 aliphatic heterocycles. The summed E-state index contributed by atoms with van der Waals surface area (Å²) in [4.78, 5) is 0. The van der Waals surface area contributed by atoms with Gasteiger partial charge in [0.25, 0.3) is 0 Å². The lowest BCUT2D eigenvalue weighted by atomic mass is 10.0. The molecule has 1 heterocycles. The molecule has 6 heteroatoms. The van der Waals surface area contributed by atoms with Gasteiger partial charge in [0.15, 0.2) is 0 Å². The van der Waals surface area contributed by atoms with Gasteiger partial charge in [-0.15, -0.1) is 11.8 Å². The van der Waals surface area contributed by atoms with Gasteiger partial charge in [0.05, 0.1) is 18.0 Å². The number of aliphatic hydroxyl groups excluding tert-OH is 5. The summed E-state index contributed by atoms with van der Waals surface area (Å²) < 4.78 is 0. The highest BCUT2D eigenvalue weighted by Crippen LogP contribution is 2.30. The summed E-state index contributed by atoms with van der Waals surface area (Å²) in [5.41, 5.74) is -1.15. The third-order valence-corrected chi connectivity index (χ3v) is 3.20. The molecule has 1 rings (SSSR count). The van der Waals surface area contributed by atoms with E-state index in [1.807, 2.05) is 0 Å². The summed E-state index contributed by atoms with van der Waals surface area (Å²) in [6.07, 6.45) is -3.94. The summed E-state index contributed by atoms with van der Waals surface area (Å²) in [5, 5.41) is 44.6. The van der Waals surface area contributed by atoms with E-state index in [9.17, 15) is 5.11 Å². The Labute approximate surface area is 73.7 Å². The van der Waals surface area contributed by atoms with Gasteiger partial charge < -0.3 is 25.5 Å². The Balaban J connectivity index is 2.63. The Bertz CT molecular complexity index is 150. The van der Waals surface area contributed by atoms with Crippen LogP contribution < -0.4 is 0 Å². The molecular weight excluding hydrogens is 184 g/mol. The average molecular weight is 196 g/mol. The summed E-state index contributed by atoms with van der Waals surface area (Å²) in [6, 6.07) is 0. The fourth-order valence-corrected chi connectivity index (χ4v) is 2.17. The zero-order chi connectivity index (χ0) is 9.30. The smallest absolute Gasteiger partial charge is 0.128 e. The largest absolute Gasteiger partial charge is 0.395 e. The van der Waals surface area contributed by atoms with Crippen LogP contribution in [0, 0.1) is 0 Å². The molecule has 1 saturated heterocycles. The van der Waals surface area contributed by atoms with Gasteiger partial charge in [-0.05, 0) is 0 Å². The Hall–Kier alpha value is 0.150. The van der Waals surface area contributed by atoms with Crippen molar-refractivity contribution in [3.8, 4) is 0 Å². The van der Waals surface area contributed by atoms with E-state index in [4.69, 9.17) is 20.4 Å². The van der Waals surface area contributed by atoms with Crippen molar-refractivity contribution in [3.05, 3.63) is 0 Å². The second-order valence-corrected chi connectivity index (χ2v) is 4.08. The van der Waals surface area contributed by atoms with Crippen LogP contribution in [0.4, 0.5) is 0 Å². The molecule has 0 aromatic heterocycles. The van der Waals surface area contributed by atoms with Crippen molar-refractivity contribution in [2.24, 2.45) is 0 Å². The molecule has 0 spiro atoms. The third-order valence-electron chi connectivity index (χ3n) is 1.87. The van der Waals surface area contributed by atoms with Crippen LogP contribution in [0.5, 0.6) is 0 Å². The van der Waals surface area contributed by atoms with Gasteiger partial charge in [0.2, 0.25) is 0 Å². The van der Waals surface area contributed by atoms with E-state index in [2.05, 4.69) is 0 Å². The van der Waals surface area contributed by atoms with Gasteiger partial charge in [-0.3, -0.25) is 0 Å². The van der Waals surface area contributed by atoms with Crippen molar-refractivity contribution in [1.82, 2.24) is 0 Å². The van der Waals surface area contributed by atoms with Gasteiger partial charge in [-0.2, -0.15) is 0 Å². The first kappa shape index (κ1) is 10.2. The molecule has 72 valence electrons. The lowest BCUT2D eigenvalue weighted by Crippen LogP contribution is -2.53. The number of hydrogen-bond acceptors (Lipinski definition) is 6. The predicted molar refractivity (Wildman–Crippen MR) is 42.5 cm³/mol. The summed E-state index contributed by atoms with van der Waals surface area (Å²) in [5.74, 6) is 0. The first-order valence-corrected chi connectivity index (χ1v) is 4.50. The van der Waals surface area contributed by atoms with E-state index in [1.54, 1.807) is 0 Å². The van der Waals surface area contributed by atoms with Crippen molar-refractivity contribution in [2.75, 3.05) is 6.61 Å². The standard InChI is InChI=1S/C6H12O5S/c7-1-2-3(8)4(9)5(10)6(11)12-2/h2-11H,1H2/t2?,3-,4?,5-,6?/m1/s1. The van der Waals surface area contributed by atoms with E-state index in [0.717, 1.165) is 11.8 Å². The number of hydrogen-bond donors (Lipinski definition) is 5. The minimum absolute atomic E-state index is 0.341. The monoisotopic (exact) mass is 196 g/mol. The predicted octanol–water partition coefficient (Wildman–Crippen LogP) is -2.50. The molecule has 0 amide bonds. The topological polar surface area (TPSA) is 101 Å². The molecule has 12 heavy (non-hydrogen) atoms. The molecule has 0 aromatic carbocycles. The van der Waals surface area contributed by atoms with Crippen molar-refractivity contribution >= 4 is 11.8 Å². The number of aliphatic hydroxyl groups is 5. The average Bonchev–Trinajstić information content (AvgIpc) is 2.08. The van der Waals surface area contributed by atoms with Crippen LogP contribution >= 0.6 is 11.8 Å². The zero-order valence-corrected chi connectivity index (χ0v) is 7.05. The summed E-state index contributed by atoms with van der Waals surface area (Å²) in [6.45, 7) is -0.341. The van der Waals surface area contributed by atoms with E-state index in [-0.39, 0.29) is 6.61 Å². The summed E-state index contributed by atoms with van der Waals surface area (Å²) >= 11 is 0.852. The quantitative estimate of drug-likeness (QED) is 0.318. The van der Waals surface area contributed by atoms with Crippen LogP contribution in [-0.2, 0) is 0 Å². The third kappa shape index (κ3) is 1.73. The molecule has 1 aliphatic rings. The van der Waals surface area contributed by atoms with E-state index < -0.39 is 29.0 Å². The Morgan fingerprint density at radius 3 is 2.00 bits per heavy atom. The van der Waals surface area contributed by atoms with Gasteiger partial charge in [0.1, 0.15) is 17.6 Å². The molecule has 0 radical (unpaired) electrons. The molecular formula is C6H12O5S. The molecule has 0 aliphatic carbocycles. The van der Waals surface area contributed by atoms with E-state index in [1.165, 1.54) is 0 Å². The maximum Gasteiger partial charge on any atom is 0.128 e. The van der Waals surface area contributed by atoms with Crippen molar-refractivity contribution < 1.29 is 25.5 Å². The minimum atomic E-state index is -1.39. The fraction of sp³-hybridized carbons (Fsp3) is 1.00. The summed E-state index contributed by atoms with van der Waals surface area (Å²) in [7, 11) is 0. The molecule has 3 unspecified atom stereocenters. The maximum absolute atomic E-state index is 9.22. The molecule has 5 atom stereocenters. The van der Waals surface area contributed by atoms with E-state index in [0.29, 0.717) is 0 Å². The van der Waals surface area contributed by atoms with Crippen LogP contribution in [0.3, 0.4) is 0 Å². The SMILES string of the molecule is OCC1SC(O)[C@H](O)C(O)[C@@H]1O. The van der Waals surface area contributed by atoms with Crippen LogP contribution in [0.2, 0.25) is 0 Å². The normalized spacial score (nSPS) is 49.2. The van der Waals surface area contributed by atoms with Crippen molar-refractivity contribution in [3.63, 3.8) is 0 Å². The van der Waals surface area contributed by atoms with Gasteiger partial charge in [-0.1, -0.05) is 0 Å². The molecule has 1 fully saturated rings.